The number of ether oxygens (including phenoxy) is 1. The number of esters is 1. The summed E-state index contributed by atoms with van der Waals surface area (Å²) in [6.45, 7) is -0.443. The van der Waals surface area contributed by atoms with Gasteiger partial charge < -0.3 is 10.1 Å². The standard InChI is InChI=1S/C23H21Cl2NO4/c24-16-8-9-17(25)18(11-16)26-19(27)12-30-23(29)21-15-7-6-14(10-15)20(21)22(28)13-4-2-1-3-5-13/h1-5,8-9,11,14-15,20-21H,6-7,10,12H2,(H,26,27)/t14-,15-,20-,21-/m0/s1. The lowest BCUT2D eigenvalue weighted by Gasteiger charge is -2.28. The molecule has 0 radical (unpaired) electrons. The highest BCUT2D eigenvalue weighted by molar-refractivity contribution is 6.35. The number of Topliss-reactive ketones (excluding diaryl/α,β-unsaturated/α-hetero) is 1. The molecular weight excluding hydrogens is 425 g/mol. The minimum absolute atomic E-state index is 0.0140. The van der Waals surface area contributed by atoms with Crippen molar-refractivity contribution in [2.75, 3.05) is 11.9 Å². The summed E-state index contributed by atoms with van der Waals surface area (Å²) in [5.74, 6) is -1.57. The van der Waals surface area contributed by atoms with E-state index in [0.29, 0.717) is 21.3 Å². The Balaban J connectivity index is 1.41. The van der Waals surface area contributed by atoms with Crippen molar-refractivity contribution < 1.29 is 19.1 Å². The molecule has 5 nitrogen and oxygen atoms in total. The van der Waals surface area contributed by atoms with E-state index in [2.05, 4.69) is 5.32 Å². The van der Waals surface area contributed by atoms with Crippen LogP contribution >= 0.6 is 23.2 Å². The second-order valence-electron chi connectivity index (χ2n) is 7.90. The normalized spacial score (nSPS) is 24.5. The first-order valence-corrected chi connectivity index (χ1v) is 10.7. The summed E-state index contributed by atoms with van der Waals surface area (Å²) in [7, 11) is 0. The highest BCUT2D eigenvalue weighted by Gasteiger charge is 2.54. The maximum Gasteiger partial charge on any atom is 0.310 e. The number of hydrogen-bond donors (Lipinski definition) is 1. The maximum atomic E-state index is 13.1. The number of nitrogens with one attached hydrogen (secondary N) is 1. The SMILES string of the molecule is O=C(COC(=O)[C@H]1[C@H]2CC[C@@H](C2)[C@@H]1C(=O)c1ccccc1)Nc1cc(Cl)ccc1Cl. The number of benzene rings is 2. The summed E-state index contributed by atoms with van der Waals surface area (Å²) in [6.07, 6.45) is 2.71. The first-order chi connectivity index (χ1) is 14.4. The van der Waals surface area contributed by atoms with Crippen molar-refractivity contribution in [1.82, 2.24) is 0 Å². The molecular formula is C23H21Cl2NO4. The summed E-state index contributed by atoms with van der Waals surface area (Å²) in [5, 5.41) is 3.35. The Hall–Kier alpha value is -2.37. The molecule has 0 aliphatic heterocycles. The minimum atomic E-state index is -0.512. The lowest BCUT2D eigenvalue weighted by molar-refractivity contribution is -0.154. The molecule has 0 aromatic heterocycles. The number of hydrogen-bond acceptors (Lipinski definition) is 4. The highest BCUT2D eigenvalue weighted by Crippen LogP contribution is 2.53. The van der Waals surface area contributed by atoms with Gasteiger partial charge in [-0.15, -0.1) is 0 Å². The predicted molar refractivity (Wildman–Crippen MR) is 115 cm³/mol. The van der Waals surface area contributed by atoms with Crippen LogP contribution in [0.25, 0.3) is 0 Å². The van der Waals surface area contributed by atoms with Crippen molar-refractivity contribution >= 4 is 46.5 Å². The summed E-state index contributed by atoms with van der Waals surface area (Å²) in [6, 6.07) is 13.7. The van der Waals surface area contributed by atoms with Crippen molar-refractivity contribution in [3.05, 3.63) is 64.1 Å². The largest absolute Gasteiger partial charge is 0.455 e. The number of carbonyl (C=O) groups excluding carboxylic acids is 3. The van der Waals surface area contributed by atoms with Crippen molar-refractivity contribution in [2.45, 2.75) is 19.3 Å². The van der Waals surface area contributed by atoms with E-state index in [9.17, 15) is 14.4 Å². The van der Waals surface area contributed by atoms with Gasteiger partial charge in [0.15, 0.2) is 12.4 Å². The Morgan fingerprint density at radius 1 is 0.967 bits per heavy atom. The molecule has 2 aromatic rings. The molecule has 7 heteroatoms. The molecule has 0 saturated heterocycles. The monoisotopic (exact) mass is 445 g/mol. The van der Waals surface area contributed by atoms with Gasteiger partial charge in [0, 0.05) is 16.5 Å². The van der Waals surface area contributed by atoms with Gasteiger partial charge in [0.25, 0.3) is 5.91 Å². The zero-order valence-electron chi connectivity index (χ0n) is 16.1. The van der Waals surface area contributed by atoms with E-state index in [1.165, 1.54) is 6.07 Å². The van der Waals surface area contributed by atoms with E-state index in [1.54, 1.807) is 24.3 Å². The van der Waals surface area contributed by atoms with Crippen LogP contribution in [-0.4, -0.2) is 24.3 Å². The topological polar surface area (TPSA) is 72.5 Å². The molecule has 1 N–H and O–H groups in total. The van der Waals surface area contributed by atoms with Crippen molar-refractivity contribution in [1.29, 1.82) is 0 Å². The predicted octanol–water partition coefficient (Wildman–Crippen LogP) is 5.02. The van der Waals surface area contributed by atoms with Crippen LogP contribution in [0.3, 0.4) is 0 Å². The van der Waals surface area contributed by atoms with Gasteiger partial charge in [0.1, 0.15) is 0 Å². The molecule has 2 fully saturated rings. The molecule has 2 bridgehead atoms. The smallest absolute Gasteiger partial charge is 0.310 e. The fraction of sp³-hybridized carbons (Fsp3) is 0.348. The van der Waals surface area contributed by atoms with Crippen molar-refractivity contribution in [3.63, 3.8) is 0 Å². The summed E-state index contributed by atoms with van der Waals surface area (Å²) in [4.78, 5) is 38.2. The van der Waals surface area contributed by atoms with Crippen LogP contribution in [0.15, 0.2) is 48.5 Å². The van der Waals surface area contributed by atoms with Gasteiger partial charge in [0.2, 0.25) is 0 Å². The highest BCUT2D eigenvalue weighted by atomic mass is 35.5. The number of halogens is 2. The van der Waals surface area contributed by atoms with Gasteiger partial charge in [-0.2, -0.15) is 0 Å². The Labute approximate surface area is 184 Å². The van der Waals surface area contributed by atoms with Crippen molar-refractivity contribution in [2.24, 2.45) is 23.7 Å². The second kappa shape index (κ2) is 8.78. The molecule has 0 spiro atoms. The number of anilines is 1. The van der Waals surface area contributed by atoms with E-state index in [-0.39, 0.29) is 23.5 Å². The molecule has 4 rings (SSSR count). The number of ketones is 1. The molecule has 2 aliphatic carbocycles. The fourth-order valence-corrected chi connectivity index (χ4v) is 5.15. The van der Waals surface area contributed by atoms with Crippen LogP contribution in [0.2, 0.25) is 10.0 Å². The van der Waals surface area contributed by atoms with Crippen LogP contribution in [0, 0.1) is 23.7 Å². The Bertz CT molecular complexity index is 978. The lowest BCUT2D eigenvalue weighted by atomic mass is 9.75. The number of rotatable bonds is 6. The maximum absolute atomic E-state index is 13.1. The average Bonchev–Trinajstić information content (AvgIpc) is 3.36. The summed E-state index contributed by atoms with van der Waals surface area (Å²) < 4.78 is 5.32. The van der Waals surface area contributed by atoms with Gasteiger partial charge in [-0.05, 0) is 49.3 Å². The zero-order chi connectivity index (χ0) is 21.3. The summed E-state index contributed by atoms with van der Waals surface area (Å²) >= 11 is 12.0. The van der Waals surface area contributed by atoms with E-state index >= 15 is 0 Å². The van der Waals surface area contributed by atoms with Crippen molar-refractivity contribution in [3.8, 4) is 0 Å². The second-order valence-corrected chi connectivity index (χ2v) is 8.74. The summed E-state index contributed by atoms with van der Waals surface area (Å²) in [5.41, 5.74) is 0.962. The average molecular weight is 446 g/mol. The van der Waals surface area contributed by atoms with Gasteiger partial charge in [-0.3, -0.25) is 14.4 Å². The molecule has 30 heavy (non-hydrogen) atoms. The Morgan fingerprint density at radius 2 is 1.67 bits per heavy atom. The van der Waals surface area contributed by atoms with Gasteiger partial charge in [-0.1, -0.05) is 53.5 Å². The van der Waals surface area contributed by atoms with Gasteiger partial charge >= 0.3 is 5.97 Å². The molecule has 2 saturated carbocycles. The lowest BCUT2D eigenvalue weighted by Crippen LogP contribution is -2.37. The fourth-order valence-electron chi connectivity index (χ4n) is 4.82. The third-order valence-corrected chi connectivity index (χ3v) is 6.66. The van der Waals surface area contributed by atoms with E-state index < -0.39 is 24.4 Å². The minimum Gasteiger partial charge on any atom is -0.455 e. The molecule has 0 unspecified atom stereocenters. The van der Waals surface area contributed by atoms with Crippen LogP contribution in [0.1, 0.15) is 29.6 Å². The third kappa shape index (κ3) is 4.23. The molecule has 2 aliphatic rings. The number of amides is 1. The Morgan fingerprint density at radius 3 is 2.40 bits per heavy atom. The Kier molecular flexibility index (Phi) is 6.11. The van der Waals surface area contributed by atoms with Crippen LogP contribution < -0.4 is 5.32 Å². The third-order valence-electron chi connectivity index (χ3n) is 6.10. The zero-order valence-corrected chi connectivity index (χ0v) is 17.7. The first-order valence-electron chi connectivity index (χ1n) is 9.95. The number of fused-ring (bicyclic) bond motifs is 2. The molecule has 1 amide bonds. The van der Waals surface area contributed by atoms with Crippen LogP contribution in [0.4, 0.5) is 5.69 Å². The number of carbonyl (C=O) groups is 3. The van der Waals surface area contributed by atoms with E-state index in [1.807, 2.05) is 18.2 Å². The molecule has 4 atom stereocenters. The van der Waals surface area contributed by atoms with E-state index in [4.69, 9.17) is 27.9 Å². The molecule has 0 heterocycles. The molecule has 2 aromatic carbocycles. The first kappa shape index (κ1) is 20.9. The quantitative estimate of drug-likeness (QED) is 0.500. The van der Waals surface area contributed by atoms with Gasteiger partial charge in [0.05, 0.1) is 16.6 Å². The van der Waals surface area contributed by atoms with Crippen LogP contribution in [0.5, 0.6) is 0 Å². The van der Waals surface area contributed by atoms with Gasteiger partial charge in [-0.25, -0.2) is 0 Å². The van der Waals surface area contributed by atoms with Crippen LogP contribution in [-0.2, 0) is 14.3 Å². The molecule has 156 valence electrons. The van der Waals surface area contributed by atoms with E-state index in [0.717, 1.165) is 19.3 Å².